The number of anilines is 1. The summed E-state index contributed by atoms with van der Waals surface area (Å²) in [6, 6.07) is 16.1. The van der Waals surface area contributed by atoms with Crippen LogP contribution in [0, 0.1) is 5.92 Å². The number of hydrogen-bond acceptors (Lipinski definition) is 7. The minimum atomic E-state index is -0.600. The van der Waals surface area contributed by atoms with Crippen LogP contribution in [0.3, 0.4) is 0 Å². The molecule has 1 aliphatic rings. The lowest BCUT2D eigenvalue weighted by atomic mass is 9.99. The van der Waals surface area contributed by atoms with E-state index in [1.165, 1.54) is 19.3 Å². The molecule has 2 unspecified atom stereocenters. The summed E-state index contributed by atoms with van der Waals surface area (Å²) in [4.78, 5) is 42.0. The molecule has 222 valence electrons. The van der Waals surface area contributed by atoms with E-state index in [0.29, 0.717) is 45.5 Å². The average molecular weight is 621 g/mol. The van der Waals surface area contributed by atoms with Crippen molar-refractivity contribution >= 4 is 40.6 Å². The number of carbonyl (C=O) groups is 2. The summed E-state index contributed by atoms with van der Waals surface area (Å²) in [6.07, 6.45) is 4.30. The molecule has 2 N–H and O–H groups in total. The van der Waals surface area contributed by atoms with Gasteiger partial charge in [0.2, 0.25) is 5.88 Å². The van der Waals surface area contributed by atoms with Gasteiger partial charge < -0.3 is 15.4 Å². The SMILES string of the molecule is COc1nc(-c2cccc(-c3cccc(NC(=O)c4ccnn(C)c4=O)c3Cl)c2Cl)ccc1CNC1CCCC1C(C)=O. The molecule has 0 radical (unpaired) electrons. The largest absolute Gasteiger partial charge is 0.481 e. The minimum absolute atomic E-state index is 0.0430. The lowest BCUT2D eigenvalue weighted by Gasteiger charge is -2.19. The maximum Gasteiger partial charge on any atom is 0.279 e. The molecule has 0 aliphatic heterocycles. The van der Waals surface area contributed by atoms with E-state index in [4.69, 9.17) is 32.9 Å². The minimum Gasteiger partial charge on any atom is -0.481 e. The van der Waals surface area contributed by atoms with Gasteiger partial charge in [0.15, 0.2) is 0 Å². The van der Waals surface area contributed by atoms with Crippen LogP contribution in [0.25, 0.3) is 22.4 Å². The predicted octanol–water partition coefficient (Wildman–Crippen LogP) is 5.92. The van der Waals surface area contributed by atoms with Gasteiger partial charge in [0.1, 0.15) is 11.3 Å². The summed E-state index contributed by atoms with van der Waals surface area (Å²) >= 11 is 13.7. The number of pyridine rings is 1. The summed E-state index contributed by atoms with van der Waals surface area (Å²) in [5.41, 5.74) is 3.16. The van der Waals surface area contributed by atoms with E-state index in [9.17, 15) is 14.4 Å². The van der Waals surface area contributed by atoms with Crippen molar-refractivity contribution in [1.29, 1.82) is 0 Å². The fourth-order valence-electron chi connectivity index (χ4n) is 5.51. The molecule has 1 amide bonds. The van der Waals surface area contributed by atoms with Crippen molar-refractivity contribution in [3.8, 4) is 28.3 Å². The Morgan fingerprint density at radius 2 is 1.72 bits per heavy atom. The summed E-state index contributed by atoms with van der Waals surface area (Å²) in [6.45, 7) is 2.18. The number of amides is 1. The first-order valence-corrected chi connectivity index (χ1v) is 14.6. The van der Waals surface area contributed by atoms with Crippen LogP contribution < -0.4 is 20.9 Å². The van der Waals surface area contributed by atoms with Crippen molar-refractivity contribution in [2.45, 2.75) is 38.8 Å². The Hall–Kier alpha value is -4.05. The zero-order valence-corrected chi connectivity index (χ0v) is 25.5. The van der Waals surface area contributed by atoms with E-state index < -0.39 is 11.5 Å². The number of hydrogen-bond donors (Lipinski definition) is 2. The molecular weight excluding hydrogens is 589 g/mol. The van der Waals surface area contributed by atoms with Crippen molar-refractivity contribution in [2.24, 2.45) is 13.0 Å². The highest BCUT2D eigenvalue weighted by Crippen LogP contribution is 2.41. The third-order valence-corrected chi connectivity index (χ3v) is 8.60. The topological polar surface area (TPSA) is 115 Å². The average Bonchev–Trinajstić information content (AvgIpc) is 3.48. The molecule has 1 aliphatic carbocycles. The maximum atomic E-state index is 12.9. The highest BCUT2D eigenvalue weighted by molar-refractivity contribution is 6.39. The van der Waals surface area contributed by atoms with Crippen LogP contribution in [0.15, 0.2) is 65.6 Å². The molecule has 2 aromatic heterocycles. The quantitative estimate of drug-likeness (QED) is 0.239. The highest BCUT2D eigenvalue weighted by atomic mass is 35.5. The van der Waals surface area contributed by atoms with Crippen molar-refractivity contribution in [3.63, 3.8) is 0 Å². The normalized spacial score (nSPS) is 16.2. The van der Waals surface area contributed by atoms with Crippen molar-refractivity contribution in [2.75, 3.05) is 12.4 Å². The van der Waals surface area contributed by atoms with Gasteiger partial charge in [-0.2, -0.15) is 5.10 Å². The first kappa shape index (κ1) is 30.4. The molecule has 4 aromatic rings. The third-order valence-electron chi connectivity index (χ3n) is 7.79. The number of rotatable bonds is 9. The molecule has 0 saturated heterocycles. The van der Waals surface area contributed by atoms with E-state index >= 15 is 0 Å². The van der Waals surface area contributed by atoms with Crippen LogP contribution >= 0.6 is 23.2 Å². The molecule has 0 bridgehead atoms. The Balaban J connectivity index is 1.41. The van der Waals surface area contributed by atoms with Gasteiger partial charge in [-0.1, -0.05) is 66.0 Å². The molecule has 2 atom stereocenters. The lowest BCUT2D eigenvalue weighted by Crippen LogP contribution is -2.35. The Morgan fingerprint density at radius 3 is 2.47 bits per heavy atom. The number of nitrogens with one attached hydrogen (secondary N) is 2. The second kappa shape index (κ2) is 13.1. The van der Waals surface area contributed by atoms with Gasteiger partial charge in [-0.25, -0.2) is 9.67 Å². The molecule has 9 nitrogen and oxygen atoms in total. The van der Waals surface area contributed by atoms with Crippen molar-refractivity contribution < 1.29 is 14.3 Å². The van der Waals surface area contributed by atoms with Gasteiger partial charge >= 0.3 is 0 Å². The Morgan fingerprint density at radius 1 is 1.00 bits per heavy atom. The molecule has 2 aromatic carbocycles. The smallest absolute Gasteiger partial charge is 0.279 e. The highest BCUT2D eigenvalue weighted by Gasteiger charge is 2.30. The Bertz CT molecular complexity index is 1760. The van der Waals surface area contributed by atoms with Crippen LogP contribution in [0.4, 0.5) is 5.69 Å². The molecule has 11 heteroatoms. The van der Waals surface area contributed by atoms with Gasteiger partial charge in [0.05, 0.1) is 28.5 Å². The van der Waals surface area contributed by atoms with Crippen LogP contribution in [0.2, 0.25) is 10.0 Å². The van der Waals surface area contributed by atoms with Crippen LogP contribution in [-0.4, -0.2) is 39.6 Å². The fraction of sp³-hybridized carbons (Fsp3) is 0.281. The summed E-state index contributed by atoms with van der Waals surface area (Å²) in [5.74, 6) is 0.130. The van der Waals surface area contributed by atoms with Gasteiger partial charge in [0.25, 0.3) is 11.5 Å². The van der Waals surface area contributed by atoms with Gasteiger partial charge in [-0.05, 0) is 38.0 Å². The zero-order valence-electron chi connectivity index (χ0n) is 24.0. The van der Waals surface area contributed by atoms with Crippen molar-refractivity contribution in [3.05, 3.63) is 92.3 Å². The van der Waals surface area contributed by atoms with E-state index in [2.05, 4.69) is 15.7 Å². The third kappa shape index (κ3) is 6.34. The van der Waals surface area contributed by atoms with Crippen LogP contribution in [-0.2, 0) is 18.4 Å². The van der Waals surface area contributed by atoms with E-state index in [-0.39, 0.29) is 28.3 Å². The monoisotopic (exact) mass is 619 g/mol. The van der Waals surface area contributed by atoms with Crippen LogP contribution in [0.5, 0.6) is 5.88 Å². The number of methoxy groups -OCH3 is 1. The van der Waals surface area contributed by atoms with Gasteiger partial charge in [0, 0.05) is 54.0 Å². The van der Waals surface area contributed by atoms with Crippen LogP contribution in [0.1, 0.15) is 42.1 Å². The molecule has 1 saturated carbocycles. The number of ether oxygens (including phenoxy) is 1. The van der Waals surface area contributed by atoms with Crippen molar-refractivity contribution in [1.82, 2.24) is 20.1 Å². The Labute approximate surface area is 259 Å². The lowest BCUT2D eigenvalue weighted by molar-refractivity contribution is -0.121. The summed E-state index contributed by atoms with van der Waals surface area (Å²) in [7, 11) is 3.04. The second-order valence-electron chi connectivity index (χ2n) is 10.5. The number of ketones is 1. The fourth-order valence-corrected chi connectivity index (χ4v) is 6.10. The van der Waals surface area contributed by atoms with E-state index in [0.717, 1.165) is 29.5 Å². The molecule has 0 spiro atoms. The number of aromatic nitrogens is 3. The number of nitrogens with zero attached hydrogens (tertiary/aromatic N) is 3. The van der Waals surface area contributed by atoms with E-state index in [1.807, 2.05) is 30.3 Å². The standard InChI is InChI=1S/C32H31Cl2N5O4/c1-18(40)20-7-5-11-25(20)35-17-19-13-14-26(38-31(19)43-3)23-10-4-8-21(28(23)33)22-9-6-12-27(29(22)34)37-30(41)24-15-16-36-39(2)32(24)42/h4,6,8-10,12-16,20,25,35H,5,7,11,17H2,1-3H3,(H,37,41). The number of aryl methyl sites for hydroxylation is 1. The second-order valence-corrected chi connectivity index (χ2v) is 11.2. The number of Topliss-reactive ketones (excluding diaryl/α,β-unsaturated/α-hetero) is 1. The molecular formula is C32H31Cl2N5O4. The molecule has 1 fully saturated rings. The molecule has 5 rings (SSSR count). The number of halogens is 2. The summed E-state index contributed by atoms with van der Waals surface area (Å²) < 4.78 is 6.71. The maximum absolute atomic E-state index is 12.9. The number of benzene rings is 2. The van der Waals surface area contributed by atoms with Gasteiger partial charge in [-0.15, -0.1) is 0 Å². The molecule has 43 heavy (non-hydrogen) atoms. The first-order chi connectivity index (χ1) is 20.7. The zero-order chi connectivity index (χ0) is 30.7. The predicted molar refractivity (Wildman–Crippen MR) is 168 cm³/mol. The van der Waals surface area contributed by atoms with Gasteiger partial charge in [-0.3, -0.25) is 14.4 Å². The summed E-state index contributed by atoms with van der Waals surface area (Å²) in [5, 5.41) is 10.8. The Kier molecular flexibility index (Phi) is 9.25. The number of carbonyl (C=O) groups excluding carboxylic acids is 2. The first-order valence-electron chi connectivity index (χ1n) is 13.9. The van der Waals surface area contributed by atoms with E-state index in [1.54, 1.807) is 32.2 Å². The molecule has 2 heterocycles.